The molecule has 0 saturated carbocycles. The second kappa shape index (κ2) is 5.61. The lowest BCUT2D eigenvalue weighted by Gasteiger charge is -2.30. The number of pyridine rings is 1. The van der Waals surface area contributed by atoms with Crippen LogP contribution in [0.15, 0.2) is 24.4 Å². The number of H-pyrrole nitrogens is 1. The molecule has 23 heavy (non-hydrogen) atoms. The molecule has 0 radical (unpaired) electrons. The van der Waals surface area contributed by atoms with Crippen molar-refractivity contribution < 1.29 is 9.53 Å². The standard InChI is InChI=1S/C17H22N4O2/c1-17(2,3)23-16(22)15-13(6-8-19-15)21-9-7-12-11(10-21)4-5-14(18)20-12/h4-6,8,19H,7,9-10H2,1-3H3,(H2,18,20). The van der Waals surface area contributed by atoms with Crippen molar-refractivity contribution in [2.45, 2.75) is 39.3 Å². The van der Waals surface area contributed by atoms with Crippen molar-refractivity contribution in [1.82, 2.24) is 9.97 Å². The second-order valence-electron chi connectivity index (χ2n) is 6.75. The third kappa shape index (κ3) is 3.31. The molecule has 0 fully saturated rings. The van der Waals surface area contributed by atoms with E-state index >= 15 is 0 Å². The van der Waals surface area contributed by atoms with Gasteiger partial charge in [0, 0.05) is 31.4 Å². The first-order valence-electron chi connectivity index (χ1n) is 7.73. The smallest absolute Gasteiger partial charge is 0.357 e. The molecule has 1 aliphatic rings. The summed E-state index contributed by atoms with van der Waals surface area (Å²) in [5, 5.41) is 0. The highest BCUT2D eigenvalue weighted by molar-refractivity contribution is 5.94. The van der Waals surface area contributed by atoms with Gasteiger partial charge < -0.3 is 20.4 Å². The highest BCUT2D eigenvalue weighted by atomic mass is 16.6. The SMILES string of the molecule is CC(C)(C)OC(=O)c1[nH]ccc1N1CCc2nc(N)ccc2C1. The number of aromatic nitrogens is 2. The fraction of sp³-hybridized carbons (Fsp3) is 0.412. The van der Waals surface area contributed by atoms with Gasteiger partial charge in [0.2, 0.25) is 0 Å². The molecular weight excluding hydrogens is 292 g/mol. The van der Waals surface area contributed by atoms with Crippen molar-refractivity contribution in [2.75, 3.05) is 17.2 Å². The van der Waals surface area contributed by atoms with E-state index in [2.05, 4.69) is 14.9 Å². The molecule has 0 aromatic carbocycles. The van der Waals surface area contributed by atoms with Gasteiger partial charge in [0.25, 0.3) is 0 Å². The maximum atomic E-state index is 12.4. The first kappa shape index (κ1) is 15.4. The number of hydrogen-bond donors (Lipinski definition) is 2. The van der Waals surface area contributed by atoms with E-state index in [-0.39, 0.29) is 5.97 Å². The number of carbonyl (C=O) groups is 1. The minimum Gasteiger partial charge on any atom is -0.455 e. The summed E-state index contributed by atoms with van der Waals surface area (Å²) in [5.41, 5.74) is 8.76. The Labute approximate surface area is 135 Å². The lowest BCUT2D eigenvalue weighted by molar-refractivity contribution is 0.00643. The maximum Gasteiger partial charge on any atom is 0.357 e. The highest BCUT2D eigenvalue weighted by Crippen LogP contribution is 2.28. The van der Waals surface area contributed by atoms with Crippen LogP contribution >= 0.6 is 0 Å². The summed E-state index contributed by atoms with van der Waals surface area (Å²) >= 11 is 0. The van der Waals surface area contributed by atoms with Crippen LogP contribution in [0.3, 0.4) is 0 Å². The summed E-state index contributed by atoms with van der Waals surface area (Å²) in [6.45, 7) is 7.08. The van der Waals surface area contributed by atoms with E-state index in [1.165, 1.54) is 0 Å². The third-order valence-electron chi connectivity index (χ3n) is 3.74. The summed E-state index contributed by atoms with van der Waals surface area (Å²) in [6, 6.07) is 5.73. The normalized spacial score (nSPS) is 14.5. The maximum absolute atomic E-state index is 12.4. The van der Waals surface area contributed by atoms with Gasteiger partial charge in [-0.25, -0.2) is 9.78 Å². The number of anilines is 2. The van der Waals surface area contributed by atoms with Crippen molar-refractivity contribution in [2.24, 2.45) is 0 Å². The zero-order valence-electron chi connectivity index (χ0n) is 13.7. The first-order chi connectivity index (χ1) is 10.8. The number of hydrogen-bond acceptors (Lipinski definition) is 5. The van der Waals surface area contributed by atoms with Crippen molar-refractivity contribution in [3.63, 3.8) is 0 Å². The lowest BCUT2D eigenvalue weighted by atomic mass is 10.0. The number of esters is 1. The van der Waals surface area contributed by atoms with E-state index in [4.69, 9.17) is 10.5 Å². The highest BCUT2D eigenvalue weighted by Gasteiger charge is 2.26. The molecule has 0 saturated heterocycles. The van der Waals surface area contributed by atoms with Crippen molar-refractivity contribution >= 4 is 17.5 Å². The number of nitrogens with two attached hydrogens (primary N) is 1. The fourth-order valence-electron chi connectivity index (χ4n) is 2.76. The van der Waals surface area contributed by atoms with E-state index in [9.17, 15) is 4.79 Å². The lowest BCUT2D eigenvalue weighted by Crippen LogP contribution is -2.32. The molecule has 122 valence electrons. The van der Waals surface area contributed by atoms with Crippen LogP contribution in [0, 0.1) is 0 Å². The molecule has 0 atom stereocenters. The van der Waals surface area contributed by atoms with Gasteiger partial charge in [-0.1, -0.05) is 6.07 Å². The Morgan fingerprint density at radius 2 is 2.13 bits per heavy atom. The summed E-state index contributed by atoms with van der Waals surface area (Å²) in [6.07, 6.45) is 2.57. The zero-order chi connectivity index (χ0) is 16.6. The van der Waals surface area contributed by atoms with Crippen LogP contribution in [0.2, 0.25) is 0 Å². The van der Waals surface area contributed by atoms with Gasteiger partial charge in [0.15, 0.2) is 0 Å². The van der Waals surface area contributed by atoms with Crippen LogP contribution < -0.4 is 10.6 Å². The van der Waals surface area contributed by atoms with E-state index in [0.717, 1.165) is 29.9 Å². The molecule has 2 aromatic rings. The molecule has 6 heteroatoms. The summed E-state index contributed by atoms with van der Waals surface area (Å²) in [5.74, 6) is 0.215. The predicted molar refractivity (Wildman–Crippen MR) is 89.4 cm³/mol. The number of rotatable bonds is 2. The molecule has 0 aliphatic carbocycles. The first-order valence-corrected chi connectivity index (χ1v) is 7.73. The van der Waals surface area contributed by atoms with Gasteiger partial charge in [0.1, 0.15) is 17.1 Å². The van der Waals surface area contributed by atoms with E-state index in [1.54, 1.807) is 6.20 Å². The monoisotopic (exact) mass is 314 g/mol. The number of nitrogen functional groups attached to an aromatic ring is 1. The van der Waals surface area contributed by atoms with Crippen molar-refractivity contribution in [3.05, 3.63) is 41.3 Å². The molecule has 3 rings (SSSR count). The topological polar surface area (TPSA) is 84.2 Å². The van der Waals surface area contributed by atoms with Crippen LogP contribution in [0.4, 0.5) is 11.5 Å². The van der Waals surface area contributed by atoms with Crippen LogP contribution in [0.25, 0.3) is 0 Å². The molecule has 0 unspecified atom stereocenters. The average molecular weight is 314 g/mol. The second-order valence-corrected chi connectivity index (χ2v) is 6.75. The van der Waals surface area contributed by atoms with Crippen molar-refractivity contribution in [3.8, 4) is 0 Å². The van der Waals surface area contributed by atoms with Crippen LogP contribution in [-0.2, 0) is 17.7 Å². The summed E-state index contributed by atoms with van der Waals surface area (Å²) < 4.78 is 5.47. The molecule has 3 N–H and O–H groups in total. The van der Waals surface area contributed by atoms with Gasteiger partial charge in [-0.3, -0.25) is 0 Å². The van der Waals surface area contributed by atoms with Crippen LogP contribution in [0.1, 0.15) is 42.5 Å². The van der Waals surface area contributed by atoms with Crippen LogP contribution in [0.5, 0.6) is 0 Å². The number of aromatic amines is 1. The molecule has 1 aliphatic heterocycles. The van der Waals surface area contributed by atoms with E-state index < -0.39 is 5.60 Å². The zero-order valence-corrected chi connectivity index (χ0v) is 13.7. The molecule has 3 heterocycles. The summed E-state index contributed by atoms with van der Waals surface area (Å²) in [4.78, 5) is 21.9. The van der Waals surface area contributed by atoms with E-state index in [1.807, 2.05) is 39.0 Å². The molecule has 0 spiro atoms. The van der Waals surface area contributed by atoms with E-state index in [0.29, 0.717) is 18.1 Å². The van der Waals surface area contributed by atoms with Crippen LogP contribution in [-0.4, -0.2) is 28.1 Å². The average Bonchev–Trinajstić information content (AvgIpc) is 2.94. The minimum atomic E-state index is -0.518. The number of nitrogens with zero attached hydrogens (tertiary/aromatic N) is 2. The fourth-order valence-corrected chi connectivity index (χ4v) is 2.76. The minimum absolute atomic E-state index is 0.335. The Balaban J connectivity index is 1.83. The Morgan fingerprint density at radius 1 is 1.35 bits per heavy atom. The molecule has 6 nitrogen and oxygen atoms in total. The van der Waals surface area contributed by atoms with Gasteiger partial charge in [-0.05, 0) is 38.5 Å². The number of ether oxygens (including phenoxy) is 1. The predicted octanol–water partition coefficient (Wildman–Crippen LogP) is 2.51. The Hall–Kier alpha value is -2.50. The van der Waals surface area contributed by atoms with Gasteiger partial charge >= 0.3 is 5.97 Å². The molecular formula is C17H22N4O2. The Kier molecular flexibility index (Phi) is 3.75. The van der Waals surface area contributed by atoms with Gasteiger partial charge in [-0.2, -0.15) is 0 Å². The summed E-state index contributed by atoms with van der Waals surface area (Å²) in [7, 11) is 0. The largest absolute Gasteiger partial charge is 0.455 e. The number of fused-ring (bicyclic) bond motifs is 1. The molecule has 2 aromatic heterocycles. The van der Waals surface area contributed by atoms with Gasteiger partial charge in [-0.15, -0.1) is 0 Å². The van der Waals surface area contributed by atoms with Gasteiger partial charge in [0.05, 0.1) is 5.69 Å². The quantitative estimate of drug-likeness (QED) is 0.832. The Bertz CT molecular complexity index is 730. The van der Waals surface area contributed by atoms with Crippen molar-refractivity contribution in [1.29, 1.82) is 0 Å². The molecule has 0 bridgehead atoms. The number of nitrogens with one attached hydrogen (secondary N) is 1. The third-order valence-corrected chi connectivity index (χ3v) is 3.74. The molecule has 0 amide bonds. The number of carbonyl (C=O) groups excluding carboxylic acids is 1. The Morgan fingerprint density at radius 3 is 2.87 bits per heavy atom.